The maximum Gasteiger partial charge on any atom is 0.337 e. The van der Waals surface area contributed by atoms with Crippen molar-refractivity contribution in [1.29, 1.82) is 0 Å². The van der Waals surface area contributed by atoms with Crippen LogP contribution in [0, 0.1) is 0 Å². The van der Waals surface area contributed by atoms with E-state index in [9.17, 15) is 4.79 Å². The Morgan fingerprint density at radius 3 is 2.63 bits per heavy atom. The van der Waals surface area contributed by atoms with Crippen LogP contribution >= 0.6 is 11.6 Å². The van der Waals surface area contributed by atoms with Gasteiger partial charge >= 0.3 is 5.97 Å². The van der Waals surface area contributed by atoms with Gasteiger partial charge in [0.25, 0.3) is 0 Å². The summed E-state index contributed by atoms with van der Waals surface area (Å²) in [6.07, 6.45) is 4.79. The van der Waals surface area contributed by atoms with E-state index < -0.39 is 5.97 Å². The van der Waals surface area contributed by atoms with Gasteiger partial charge in [-0.2, -0.15) is 0 Å². The van der Waals surface area contributed by atoms with E-state index in [1.807, 2.05) is 0 Å². The monoisotopic (exact) mass is 273 g/mol. The molecule has 0 saturated carbocycles. The van der Waals surface area contributed by atoms with Crippen molar-refractivity contribution in [2.45, 2.75) is 0 Å². The lowest BCUT2D eigenvalue weighted by atomic mass is 10.2. The van der Waals surface area contributed by atoms with Gasteiger partial charge < -0.3 is 5.11 Å². The Bertz CT molecular complexity index is 768. The van der Waals surface area contributed by atoms with Crippen molar-refractivity contribution in [3.8, 4) is 11.4 Å². The predicted octanol–water partition coefficient (Wildman–Crippen LogP) is 2.75. The van der Waals surface area contributed by atoms with Crippen molar-refractivity contribution in [3.63, 3.8) is 0 Å². The number of carbonyl (C=O) groups is 1. The topological polar surface area (TPSA) is 67.5 Å². The standard InChI is InChI=1S/C13H8ClN3O2/c14-11-10-2-1-9(13(18)19)7-17(10)12(16-11)8-3-5-15-6-4-8/h1-7H,(H,18,19). The number of hydrogen-bond donors (Lipinski definition) is 1. The highest BCUT2D eigenvalue weighted by Gasteiger charge is 2.13. The smallest absolute Gasteiger partial charge is 0.337 e. The molecule has 3 heterocycles. The highest BCUT2D eigenvalue weighted by Crippen LogP contribution is 2.25. The van der Waals surface area contributed by atoms with Gasteiger partial charge in [-0.25, -0.2) is 9.78 Å². The van der Waals surface area contributed by atoms with Gasteiger partial charge in [-0.05, 0) is 24.3 Å². The molecule has 94 valence electrons. The summed E-state index contributed by atoms with van der Waals surface area (Å²) in [6.45, 7) is 0. The number of rotatable bonds is 2. The van der Waals surface area contributed by atoms with Crippen LogP contribution in [0.25, 0.3) is 16.9 Å². The first kappa shape index (κ1) is 11.7. The van der Waals surface area contributed by atoms with Crippen LogP contribution < -0.4 is 0 Å². The molecule has 0 aliphatic rings. The molecule has 1 N–H and O–H groups in total. The SMILES string of the molecule is O=C(O)c1ccc2c(Cl)nc(-c3ccncc3)n2c1. The van der Waals surface area contributed by atoms with E-state index in [0.29, 0.717) is 16.5 Å². The molecule has 0 radical (unpaired) electrons. The van der Waals surface area contributed by atoms with Gasteiger partial charge in [-0.1, -0.05) is 11.6 Å². The molecule has 0 fully saturated rings. The van der Waals surface area contributed by atoms with E-state index >= 15 is 0 Å². The summed E-state index contributed by atoms with van der Waals surface area (Å²) in [5.74, 6) is -0.405. The normalized spacial score (nSPS) is 10.8. The summed E-state index contributed by atoms with van der Waals surface area (Å²) >= 11 is 6.06. The van der Waals surface area contributed by atoms with E-state index in [2.05, 4.69) is 9.97 Å². The Kier molecular flexibility index (Phi) is 2.68. The largest absolute Gasteiger partial charge is 0.478 e. The number of nitrogens with zero attached hydrogens (tertiary/aromatic N) is 3. The zero-order valence-electron chi connectivity index (χ0n) is 9.62. The van der Waals surface area contributed by atoms with E-state index in [0.717, 1.165) is 5.56 Å². The Morgan fingerprint density at radius 2 is 1.95 bits per heavy atom. The van der Waals surface area contributed by atoms with Crippen LogP contribution in [0.4, 0.5) is 0 Å². The Morgan fingerprint density at radius 1 is 1.21 bits per heavy atom. The lowest BCUT2D eigenvalue weighted by Crippen LogP contribution is -1.99. The van der Waals surface area contributed by atoms with Gasteiger partial charge in [0.2, 0.25) is 0 Å². The van der Waals surface area contributed by atoms with Crippen molar-refractivity contribution in [2.24, 2.45) is 0 Å². The minimum absolute atomic E-state index is 0.178. The molecule has 0 aliphatic heterocycles. The van der Waals surface area contributed by atoms with Gasteiger partial charge in [-0.15, -0.1) is 0 Å². The fraction of sp³-hybridized carbons (Fsp3) is 0. The molecule has 0 aliphatic carbocycles. The highest BCUT2D eigenvalue weighted by atomic mass is 35.5. The molecule has 0 amide bonds. The Balaban J connectivity index is 2.30. The number of aromatic carboxylic acids is 1. The molecule has 0 unspecified atom stereocenters. The zero-order chi connectivity index (χ0) is 13.4. The van der Waals surface area contributed by atoms with E-state index in [1.54, 1.807) is 35.0 Å². The van der Waals surface area contributed by atoms with Gasteiger partial charge in [-0.3, -0.25) is 9.38 Å². The lowest BCUT2D eigenvalue weighted by molar-refractivity contribution is 0.0696. The molecule has 3 aromatic heterocycles. The second-order valence-corrected chi connectivity index (χ2v) is 4.30. The third-order valence-electron chi connectivity index (χ3n) is 2.78. The van der Waals surface area contributed by atoms with Gasteiger partial charge in [0.15, 0.2) is 5.15 Å². The fourth-order valence-electron chi connectivity index (χ4n) is 1.88. The minimum Gasteiger partial charge on any atom is -0.478 e. The molecule has 0 bridgehead atoms. The van der Waals surface area contributed by atoms with Crippen molar-refractivity contribution >= 4 is 23.1 Å². The first-order valence-corrected chi connectivity index (χ1v) is 5.86. The van der Waals surface area contributed by atoms with Crippen LogP contribution in [0.3, 0.4) is 0 Å². The number of fused-ring (bicyclic) bond motifs is 1. The maximum atomic E-state index is 11.0. The molecule has 3 rings (SSSR count). The maximum absolute atomic E-state index is 11.0. The molecule has 0 aromatic carbocycles. The molecular formula is C13H8ClN3O2. The average molecular weight is 274 g/mol. The van der Waals surface area contributed by atoms with Crippen molar-refractivity contribution in [2.75, 3.05) is 0 Å². The molecule has 5 nitrogen and oxygen atoms in total. The third kappa shape index (κ3) is 1.94. The van der Waals surface area contributed by atoms with Crippen LogP contribution in [0.5, 0.6) is 0 Å². The second kappa shape index (κ2) is 4.37. The summed E-state index contributed by atoms with van der Waals surface area (Å²) in [4.78, 5) is 19.2. The first-order chi connectivity index (χ1) is 9.16. The summed E-state index contributed by atoms with van der Waals surface area (Å²) in [7, 11) is 0. The summed E-state index contributed by atoms with van der Waals surface area (Å²) in [5, 5.41) is 9.37. The van der Waals surface area contributed by atoms with Crippen LogP contribution in [-0.4, -0.2) is 25.4 Å². The van der Waals surface area contributed by atoms with Crippen molar-refractivity contribution in [3.05, 3.63) is 53.6 Å². The van der Waals surface area contributed by atoms with Gasteiger partial charge in [0, 0.05) is 24.2 Å². The number of carboxylic acid groups (broad SMARTS) is 1. The van der Waals surface area contributed by atoms with Crippen molar-refractivity contribution in [1.82, 2.24) is 14.4 Å². The minimum atomic E-state index is -0.993. The molecule has 6 heteroatoms. The van der Waals surface area contributed by atoms with E-state index in [4.69, 9.17) is 16.7 Å². The number of carboxylic acids is 1. The molecule has 19 heavy (non-hydrogen) atoms. The Labute approximate surface area is 113 Å². The molecule has 3 aromatic rings. The van der Waals surface area contributed by atoms with Crippen LogP contribution in [0.15, 0.2) is 42.9 Å². The quantitative estimate of drug-likeness (QED) is 0.779. The molecule has 0 spiro atoms. The second-order valence-electron chi connectivity index (χ2n) is 3.94. The molecular weight excluding hydrogens is 266 g/mol. The van der Waals surface area contributed by atoms with Gasteiger partial charge in [0.05, 0.1) is 11.1 Å². The summed E-state index contributed by atoms with van der Waals surface area (Å²) in [5.41, 5.74) is 1.66. The summed E-state index contributed by atoms with van der Waals surface area (Å²) in [6, 6.07) is 6.72. The predicted molar refractivity (Wildman–Crippen MR) is 70.4 cm³/mol. The van der Waals surface area contributed by atoms with Crippen LogP contribution in [-0.2, 0) is 0 Å². The molecule has 0 saturated heterocycles. The van der Waals surface area contributed by atoms with Gasteiger partial charge in [0.1, 0.15) is 5.82 Å². The number of aromatic nitrogens is 3. The number of pyridine rings is 2. The average Bonchev–Trinajstić information content (AvgIpc) is 2.77. The highest BCUT2D eigenvalue weighted by molar-refractivity contribution is 6.32. The van der Waals surface area contributed by atoms with Crippen LogP contribution in [0.1, 0.15) is 10.4 Å². The van der Waals surface area contributed by atoms with Crippen molar-refractivity contribution < 1.29 is 9.90 Å². The zero-order valence-corrected chi connectivity index (χ0v) is 10.4. The third-order valence-corrected chi connectivity index (χ3v) is 3.06. The first-order valence-electron chi connectivity index (χ1n) is 5.48. The van der Waals surface area contributed by atoms with E-state index in [1.165, 1.54) is 12.3 Å². The number of hydrogen-bond acceptors (Lipinski definition) is 3. The van der Waals surface area contributed by atoms with E-state index in [-0.39, 0.29) is 5.56 Å². The lowest BCUT2D eigenvalue weighted by Gasteiger charge is -2.02. The Hall–Kier alpha value is -2.40. The fourth-order valence-corrected chi connectivity index (χ4v) is 2.11. The number of imidazole rings is 1. The summed E-state index contributed by atoms with van der Waals surface area (Å²) < 4.78 is 1.67. The van der Waals surface area contributed by atoms with Crippen LogP contribution in [0.2, 0.25) is 5.15 Å². The molecule has 0 atom stereocenters. The number of halogens is 1.